The van der Waals surface area contributed by atoms with E-state index in [1.165, 1.54) is 38.5 Å². The third-order valence-electron chi connectivity index (χ3n) is 5.10. The van der Waals surface area contributed by atoms with Crippen molar-refractivity contribution in [2.24, 2.45) is 23.5 Å². The molecule has 0 atom stereocenters. The van der Waals surface area contributed by atoms with Gasteiger partial charge in [-0.2, -0.15) is 0 Å². The average molecular weight is 250 g/mol. The van der Waals surface area contributed by atoms with E-state index in [1.807, 2.05) is 0 Å². The molecule has 0 heterocycles. The molecule has 3 N–H and O–H groups in total. The lowest BCUT2D eigenvalue weighted by Gasteiger charge is -2.23. The molecule has 1 amide bonds. The number of hydrogen-bond donors (Lipinski definition) is 2. The fourth-order valence-corrected chi connectivity index (χ4v) is 3.64. The van der Waals surface area contributed by atoms with E-state index >= 15 is 0 Å². The average Bonchev–Trinajstić information content (AvgIpc) is 3.20. The summed E-state index contributed by atoms with van der Waals surface area (Å²) in [6.45, 7) is 0.907. The number of hydrogen-bond acceptors (Lipinski definition) is 2. The molecule has 3 saturated carbocycles. The van der Waals surface area contributed by atoms with Crippen molar-refractivity contribution in [2.75, 3.05) is 6.54 Å². The third-order valence-corrected chi connectivity index (χ3v) is 5.10. The van der Waals surface area contributed by atoms with Crippen molar-refractivity contribution >= 4 is 5.91 Å². The van der Waals surface area contributed by atoms with E-state index in [-0.39, 0.29) is 11.4 Å². The van der Waals surface area contributed by atoms with Crippen LogP contribution >= 0.6 is 0 Å². The van der Waals surface area contributed by atoms with Crippen LogP contribution in [-0.2, 0) is 4.79 Å². The molecule has 0 bridgehead atoms. The van der Waals surface area contributed by atoms with Gasteiger partial charge in [0.1, 0.15) is 0 Å². The lowest BCUT2D eigenvalue weighted by Crippen LogP contribution is -2.43. The van der Waals surface area contributed by atoms with Gasteiger partial charge in [-0.3, -0.25) is 4.79 Å². The molecule has 3 fully saturated rings. The maximum absolute atomic E-state index is 12.0. The van der Waals surface area contributed by atoms with Gasteiger partial charge >= 0.3 is 0 Å². The van der Waals surface area contributed by atoms with Crippen molar-refractivity contribution in [3.8, 4) is 0 Å². The van der Waals surface area contributed by atoms with Crippen LogP contribution in [0.3, 0.4) is 0 Å². The highest BCUT2D eigenvalue weighted by atomic mass is 16.1. The quantitative estimate of drug-likeness (QED) is 0.759. The van der Waals surface area contributed by atoms with E-state index in [0.29, 0.717) is 6.42 Å². The number of nitrogens with two attached hydrogens (primary N) is 1. The zero-order valence-corrected chi connectivity index (χ0v) is 11.3. The van der Waals surface area contributed by atoms with Gasteiger partial charge in [-0.05, 0) is 56.3 Å². The lowest BCUT2D eigenvalue weighted by atomic mass is 9.93. The molecular weight excluding hydrogens is 224 g/mol. The Hall–Kier alpha value is -0.570. The molecule has 0 aromatic heterocycles. The molecule has 0 aromatic rings. The van der Waals surface area contributed by atoms with Gasteiger partial charge in [0.15, 0.2) is 0 Å². The van der Waals surface area contributed by atoms with Gasteiger partial charge < -0.3 is 11.1 Å². The lowest BCUT2D eigenvalue weighted by molar-refractivity contribution is -0.122. The Morgan fingerprint density at radius 3 is 2.22 bits per heavy atom. The molecule has 0 aromatic carbocycles. The van der Waals surface area contributed by atoms with Gasteiger partial charge in [-0.15, -0.1) is 0 Å². The van der Waals surface area contributed by atoms with E-state index in [1.54, 1.807) is 0 Å². The van der Waals surface area contributed by atoms with Crippen LogP contribution in [0, 0.1) is 17.8 Å². The smallest absolute Gasteiger partial charge is 0.221 e. The van der Waals surface area contributed by atoms with Crippen LogP contribution in [-0.4, -0.2) is 18.0 Å². The first-order chi connectivity index (χ1) is 8.66. The standard InChI is InChI=1S/C15H26N2O/c16-15(7-1-2-8-15)9-14(18)17-10-13(11-3-4-11)12-5-6-12/h11-13H,1-10,16H2,(H,17,18). The van der Waals surface area contributed by atoms with E-state index in [4.69, 9.17) is 5.73 Å². The number of rotatable bonds is 6. The highest BCUT2D eigenvalue weighted by Crippen LogP contribution is 2.48. The van der Waals surface area contributed by atoms with Gasteiger partial charge in [-0.1, -0.05) is 12.8 Å². The SMILES string of the molecule is NC1(CC(=O)NCC(C2CC2)C2CC2)CCCC1. The van der Waals surface area contributed by atoms with Crippen LogP contribution in [0.4, 0.5) is 0 Å². The monoisotopic (exact) mass is 250 g/mol. The molecule has 3 heteroatoms. The maximum atomic E-state index is 12.0. The van der Waals surface area contributed by atoms with Crippen molar-refractivity contribution < 1.29 is 4.79 Å². The predicted molar refractivity (Wildman–Crippen MR) is 72.0 cm³/mol. The topological polar surface area (TPSA) is 55.1 Å². The number of carbonyl (C=O) groups excluding carboxylic acids is 1. The summed E-state index contributed by atoms with van der Waals surface area (Å²) >= 11 is 0. The van der Waals surface area contributed by atoms with Gasteiger partial charge in [0.25, 0.3) is 0 Å². The highest BCUT2D eigenvalue weighted by Gasteiger charge is 2.41. The van der Waals surface area contributed by atoms with Crippen LogP contribution in [0.1, 0.15) is 57.8 Å². The maximum Gasteiger partial charge on any atom is 0.221 e. The number of nitrogens with one attached hydrogen (secondary N) is 1. The summed E-state index contributed by atoms with van der Waals surface area (Å²) in [5.74, 6) is 2.78. The summed E-state index contributed by atoms with van der Waals surface area (Å²) < 4.78 is 0. The Bertz CT molecular complexity index is 302. The molecule has 0 radical (unpaired) electrons. The Kier molecular flexibility index (Phi) is 3.35. The Labute approximate surface area is 110 Å². The minimum absolute atomic E-state index is 0.186. The first kappa shape index (κ1) is 12.5. The van der Waals surface area contributed by atoms with Crippen molar-refractivity contribution in [1.82, 2.24) is 5.32 Å². The molecule has 0 spiro atoms. The van der Waals surface area contributed by atoms with E-state index in [2.05, 4.69) is 5.32 Å². The first-order valence-corrected chi connectivity index (χ1v) is 7.72. The molecular formula is C15H26N2O. The second-order valence-electron chi connectivity index (χ2n) is 6.89. The molecule has 0 saturated heterocycles. The first-order valence-electron chi connectivity index (χ1n) is 7.72. The van der Waals surface area contributed by atoms with Gasteiger partial charge in [0.05, 0.1) is 0 Å². The Balaban J connectivity index is 1.42. The molecule has 3 rings (SSSR count). The molecule has 3 nitrogen and oxygen atoms in total. The minimum Gasteiger partial charge on any atom is -0.356 e. The second kappa shape index (κ2) is 4.84. The van der Waals surface area contributed by atoms with Crippen LogP contribution in [0.5, 0.6) is 0 Å². The van der Waals surface area contributed by atoms with Crippen molar-refractivity contribution in [3.63, 3.8) is 0 Å². The minimum atomic E-state index is -0.196. The van der Waals surface area contributed by atoms with Crippen molar-refractivity contribution in [2.45, 2.75) is 63.3 Å². The van der Waals surface area contributed by atoms with Gasteiger partial charge in [0.2, 0.25) is 5.91 Å². The molecule has 0 unspecified atom stereocenters. The normalized spacial score (nSPS) is 26.6. The van der Waals surface area contributed by atoms with Gasteiger partial charge in [-0.25, -0.2) is 0 Å². The second-order valence-corrected chi connectivity index (χ2v) is 6.89. The fraction of sp³-hybridized carbons (Fsp3) is 0.933. The summed E-state index contributed by atoms with van der Waals surface area (Å²) in [4.78, 5) is 12.0. The third kappa shape index (κ3) is 3.05. The summed E-state index contributed by atoms with van der Waals surface area (Å²) in [6, 6.07) is 0. The van der Waals surface area contributed by atoms with E-state index in [0.717, 1.165) is 37.1 Å². The molecule has 3 aliphatic carbocycles. The van der Waals surface area contributed by atoms with Crippen LogP contribution < -0.4 is 11.1 Å². The predicted octanol–water partition coefficient (Wildman–Crippen LogP) is 2.20. The summed E-state index contributed by atoms with van der Waals surface area (Å²) in [5, 5.41) is 3.16. The fourth-order valence-electron chi connectivity index (χ4n) is 3.64. The van der Waals surface area contributed by atoms with Crippen LogP contribution in [0.2, 0.25) is 0 Å². The summed E-state index contributed by atoms with van der Waals surface area (Å²) in [7, 11) is 0. The van der Waals surface area contributed by atoms with Gasteiger partial charge in [0, 0.05) is 18.5 Å². The molecule has 102 valence electrons. The highest BCUT2D eigenvalue weighted by molar-refractivity contribution is 5.77. The Morgan fingerprint density at radius 2 is 1.72 bits per heavy atom. The van der Waals surface area contributed by atoms with Crippen LogP contribution in [0.15, 0.2) is 0 Å². The zero-order chi connectivity index (χ0) is 12.6. The number of amides is 1. The molecule has 0 aliphatic heterocycles. The molecule has 18 heavy (non-hydrogen) atoms. The Morgan fingerprint density at radius 1 is 1.17 bits per heavy atom. The van der Waals surface area contributed by atoms with Crippen molar-refractivity contribution in [3.05, 3.63) is 0 Å². The molecule has 3 aliphatic rings. The van der Waals surface area contributed by atoms with E-state index < -0.39 is 0 Å². The largest absolute Gasteiger partial charge is 0.356 e. The number of carbonyl (C=O) groups is 1. The van der Waals surface area contributed by atoms with E-state index in [9.17, 15) is 4.79 Å². The van der Waals surface area contributed by atoms with Crippen LogP contribution in [0.25, 0.3) is 0 Å². The summed E-state index contributed by atoms with van der Waals surface area (Å²) in [5.41, 5.74) is 6.05. The summed E-state index contributed by atoms with van der Waals surface area (Å²) in [6.07, 6.45) is 10.5. The zero-order valence-electron chi connectivity index (χ0n) is 11.3. The van der Waals surface area contributed by atoms with Crippen molar-refractivity contribution in [1.29, 1.82) is 0 Å².